The van der Waals surface area contributed by atoms with Crippen LogP contribution >= 0.6 is 11.8 Å². The molecule has 6 nitrogen and oxygen atoms in total. The van der Waals surface area contributed by atoms with Crippen molar-refractivity contribution in [2.75, 3.05) is 13.2 Å². The molecule has 0 amide bonds. The average molecular weight is 248 g/mol. The molecule has 0 bridgehead atoms. The largest absolute Gasteiger partial charge is 0.394 e. The molecule has 0 aromatic heterocycles. The van der Waals surface area contributed by atoms with Gasteiger partial charge in [-0.25, -0.2) is 0 Å². The molecular formula is C9H16N2O4S. The lowest BCUT2D eigenvalue weighted by molar-refractivity contribution is -0.167. The normalized spacial score (nSPS) is 45.5. The highest BCUT2D eigenvalue weighted by atomic mass is 32.2. The molecule has 5 atom stereocenters. The molecule has 0 saturated carbocycles. The zero-order chi connectivity index (χ0) is 11.7. The van der Waals surface area contributed by atoms with Crippen molar-refractivity contribution in [2.45, 2.75) is 36.7 Å². The summed E-state index contributed by atoms with van der Waals surface area (Å²) in [6.07, 6.45) is -2.75. The first-order valence-electron chi connectivity index (χ1n) is 5.27. The number of ether oxygens (including phenoxy) is 1. The first-order valence-corrected chi connectivity index (χ1v) is 6.15. The molecule has 92 valence electrons. The van der Waals surface area contributed by atoms with Crippen molar-refractivity contribution in [3.05, 3.63) is 0 Å². The fraction of sp³-hybridized carbons (Fsp3) is 0.889. The Hall–Kier alpha value is -0.340. The van der Waals surface area contributed by atoms with E-state index >= 15 is 0 Å². The van der Waals surface area contributed by atoms with Crippen LogP contribution in [0.2, 0.25) is 0 Å². The molecule has 2 aliphatic heterocycles. The van der Waals surface area contributed by atoms with Crippen LogP contribution in [0.1, 0.15) is 6.92 Å². The summed E-state index contributed by atoms with van der Waals surface area (Å²) < 4.78 is 5.48. The van der Waals surface area contributed by atoms with Crippen molar-refractivity contribution in [3.63, 3.8) is 0 Å². The second-order valence-corrected chi connectivity index (χ2v) is 4.86. The number of thioether (sulfide) groups is 1. The van der Waals surface area contributed by atoms with Crippen LogP contribution in [0.25, 0.3) is 0 Å². The van der Waals surface area contributed by atoms with E-state index in [1.54, 1.807) is 0 Å². The highest BCUT2D eigenvalue weighted by Crippen LogP contribution is 2.33. The van der Waals surface area contributed by atoms with E-state index in [9.17, 15) is 10.2 Å². The Balaban J connectivity index is 2.10. The summed E-state index contributed by atoms with van der Waals surface area (Å²) in [5, 5.41) is 32.3. The number of amidine groups is 1. The minimum Gasteiger partial charge on any atom is -0.394 e. The molecule has 2 aliphatic rings. The molecule has 0 aromatic carbocycles. The molecule has 2 heterocycles. The molecule has 16 heavy (non-hydrogen) atoms. The van der Waals surface area contributed by atoms with Crippen LogP contribution in [-0.2, 0) is 4.74 Å². The van der Waals surface area contributed by atoms with Gasteiger partial charge in [-0.1, -0.05) is 11.8 Å². The van der Waals surface area contributed by atoms with Crippen LogP contribution in [-0.4, -0.2) is 63.4 Å². The van der Waals surface area contributed by atoms with Gasteiger partial charge in [-0.05, 0) is 6.92 Å². The van der Waals surface area contributed by atoms with Crippen molar-refractivity contribution >= 4 is 16.9 Å². The Kier molecular flexibility index (Phi) is 3.70. The van der Waals surface area contributed by atoms with E-state index in [2.05, 4.69) is 10.3 Å². The second kappa shape index (κ2) is 4.89. The first kappa shape index (κ1) is 12.1. The molecule has 0 radical (unpaired) electrons. The van der Waals surface area contributed by atoms with Gasteiger partial charge in [0.25, 0.3) is 0 Å². The smallest absolute Gasteiger partial charge is 0.159 e. The summed E-state index contributed by atoms with van der Waals surface area (Å²) >= 11 is 1.38. The van der Waals surface area contributed by atoms with E-state index in [-0.39, 0.29) is 18.1 Å². The van der Waals surface area contributed by atoms with E-state index in [4.69, 9.17) is 9.84 Å². The van der Waals surface area contributed by atoms with Gasteiger partial charge in [-0.15, -0.1) is 0 Å². The Labute approximate surface area is 97.7 Å². The number of hydrogen-bond donors (Lipinski definition) is 4. The highest BCUT2D eigenvalue weighted by molar-refractivity contribution is 8.14. The number of aliphatic hydroxyl groups excluding tert-OH is 3. The van der Waals surface area contributed by atoms with Crippen LogP contribution in [0, 0.1) is 0 Å². The summed E-state index contributed by atoms with van der Waals surface area (Å²) in [7, 11) is 0. The molecule has 2 rings (SSSR count). The monoisotopic (exact) mass is 248 g/mol. The third-order valence-corrected chi connectivity index (χ3v) is 3.81. The predicted octanol–water partition coefficient (Wildman–Crippen LogP) is -1.49. The van der Waals surface area contributed by atoms with Crippen molar-refractivity contribution in [1.82, 2.24) is 5.32 Å². The molecule has 4 N–H and O–H groups in total. The van der Waals surface area contributed by atoms with Crippen LogP contribution < -0.4 is 5.32 Å². The lowest BCUT2D eigenvalue weighted by atomic mass is 9.98. The van der Waals surface area contributed by atoms with Crippen molar-refractivity contribution in [2.24, 2.45) is 4.99 Å². The molecule has 0 aliphatic carbocycles. The summed E-state index contributed by atoms with van der Waals surface area (Å²) in [6, 6.07) is -0.368. The second-order valence-electron chi connectivity index (χ2n) is 3.77. The maximum absolute atomic E-state index is 9.86. The highest BCUT2D eigenvalue weighted by Gasteiger charge is 2.48. The van der Waals surface area contributed by atoms with Gasteiger partial charge in [-0.3, -0.25) is 4.99 Å². The lowest BCUT2D eigenvalue weighted by Crippen LogP contribution is -2.59. The van der Waals surface area contributed by atoms with E-state index in [0.717, 1.165) is 0 Å². The summed E-state index contributed by atoms with van der Waals surface area (Å²) in [5.41, 5.74) is -0.305. The van der Waals surface area contributed by atoms with E-state index < -0.39 is 18.3 Å². The number of hydrogen-bond acceptors (Lipinski definition) is 6. The third kappa shape index (κ3) is 2.05. The van der Waals surface area contributed by atoms with Crippen LogP contribution in [0.15, 0.2) is 4.99 Å². The predicted molar refractivity (Wildman–Crippen MR) is 60.3 cm³/mol. The topological polar surface area (TPSA) is 94.3 Å². The number of aliphatic imine (C=N–C) groups is 1. The van der Waals surface area contributed by atoms with Crippen LogP contribution in [0.4, 0.5) is 0 Å². The number of rotatable bonds is 2. The summed E-state index contributed by atoms with van der Waals surface area (Å²) in [6.45, 7) is 2.26. The Morgan fingerprint density at radius 1 is 1.44 bits per heavy atom. The van der Waals surface area contributed by atoms with E-state index in [1.165, 1.54) is 11.8 Å². The average Bonchev–Trinajstić information content (AvgIpc) is 2.67. The SMILES string of the molecule is CCN=C1NC2[C@H](OC(CO)[C@@H](O)[C@@H]2O)S1. The van der Waals surface area contributed by atoms with E-state index in [0.29, 0.717) is 11.7 Å². The molecule has 2 unspecified atom stereocenters. The van der Waals surface area contributed by atoms with Crippen LogP contribution in [0.3, 0.4) is 0 Å². The molecule has 0 aromatic rings. The van der Waals surface area contributed by atoms with Gasteiger partial charge in [0.2, 0.25) is 0 Å². The van der Waals surface area contributed by atoms with Gasteiger partial charge >= 0.3 is 0 Å². The fourth-order valence-electron chi connectivity index (χ4n) is 1.85. The first-order chi connectivity index (χ1) is 7.67. The number of nitrogens with one attached hydrogen (secondary N) is 1. The molecule has 2 fully saturated rings. The number of fused-ring (bicyclic) bond motifs is 1. The molecule has 0 spiro atoms. The van der Waals surface area contributed by atoms with Crippen LogP contribution in [0.5, 0.6) is 0 Å². The van der Waals surface area contributed by atoms with Crippen molar-refractivity contribution < 1.29 is 20.1 Å². The maximum Gasteiger partial charge on any atom is 0.159 e. The minimum atomic E-state index is -1.07. The Morgan fingerprint density at radius 3 is 2.81 bits per heavy atom. The van der Waals surface area contributed by atoms with Gasteiger partial charge in [0.15, 0.2) is 5.17 Å². The maximum atomic E-state index is 9.86. The van der Waals surface area contributed by atoms with E-state index in [1.807, 2.05) is 6.92 Å². The van der Waals surface area contributed by atoms with Gasteiger partial charge in [0.1, 0.15) is 23.7 Å². The van der Waals surface area contributed by atoms with Crippen molar-refractivity contribution in [3.8, 4) is 0 Å². The Morgan fingerprint density at radius 2 is 2.19 bits per heavy atom. The standard InChI is InChI=1S/C9H16N2O4S/c1-2-10-9-11-5-7(14)6(13)4(3-12)15-8(5)16-9/h4-8,12-14H,2-3H2,1H3,(H,10,11)/t4?,5?,6-,7-,8-/m1/s1. The zero-order valence-electron chi connectivity index (χ0n) is 8.91. The number of aliphatic hydroxyl groups is 3. The zero-order valence-corrected chi connectivity index (χ0v) is 9.72. The number of nitrogens with zero attached hydrogens (tertiary/aromatic N) is 1. The summed E-state index contributed by atoms with van der Waals surface area (Å²) in [5.74, 6) is 0. The minimum absolute atomic E-state index is 0.303. The van der Waals surface area contributed by atoms with Crippen molar-refractivity contribution in [1.29, 1.82) is 0 Å². The quantitative estimate of drug-likeness (QED) is 0.475. The van der Waals surface area contributed by atoms with Gasteiger partial charge in [0.05, 0.1) is 12.6 Å². The molecule has 2 saturated heterocycles. The fourth-order valence-corrected chi connectivity index (χ4v) is 3.05. The van der Waals surface area contributed by atoms with Gasteiger partial charge < -0.3 is 25.4 Å². The van der Waals surface area contributed by atoms with Gasteiger partial charge in [-0.2, -0.15) is 0 Å². The molecular weight excluding hydrogens is 232 g/mol. The summed E-state index contributed by atoms with van der Waals surface area (Å²) in [4.78, 5) is 4.19. The molecule has 7 heteroatoms. The third-order valence-electron chi connectivity index (χ3n) is 2.70. The van der Waals surface area contributed by atoms with Gasteiger partial charge in [0, 0.05) is 6.54 Å². The Bertz CT molecular complexity index is 289. The lowest BCUT2D eigenvalue weighted by Gasteiger charge is -2.38.